The maximum absolute atomic E-state index is 10.8. The summed E-state index contributed by atoms with van der Waals surface area (Å²) in [6.07, 6.45) is 0. The maximum Gasteiger partial charge on any atom is 0.271 e. The predicted molar refractivity (Wildman–Crippen MR) is 47.1 cm³/mol. The lowest BCUT2D eigenvalue weighted by Gasteiger charge is -2.05. The standard InChI is InChI=1S/C6H5Cl2N3O2/c1-13-3-2(5(9)12)10-6(8)11-4(3)7/h1H3,(H2,9,12). The number of methoxy groups -OCH3 is 1. The third-order valence-corrected chi connectivity index (χ3v) is 1.66. The average molecular weight is 222 g/mol. The van der Waals surface area contributed by atoms with Gasteiger partial charge in [-0.15, -0.1) is 0 Å². The van der Waals surface area contributed by atoms with Crippen molar-refractivity contribution in [3.05, 3.63) is 16.1 Å². The van der Waals surface area contributed by atoms with Gasteiger partial charge in [0.1, 0.15) is 0 Å². The Labute approximate surface area is 83.8 Å². The molecule has 0 aliphatic rings. The third-order valence-electron chi connectivity index (χ3n) is 1.23. The number of halogens is 2. The number of carbonyl (C=O) groups excluding carboxylic acids is 1. The Balaban J connectivity index is 3.38. The second kappa shape index (κ2) is 3.76. The Morgan fingerprint density at radius 1 is 1.46 bits per heavy atom. The summed E-state index contributed by atoms with van der Waals surface area (Å²) in [5.41, 5.74) is 4.87. The lowest BCUT2D eigenvalue weighted by Crippen LogP contribution is -2.15. The van der Waals surface area contributed by atoms with Crippen LogP contribution in [-0.4, -0.2) is 23.0 Å². The predicted octanol–water partition coefficient (Wildman–Crippen LogP) is 0.891. The van der Waals surface area contributed by atoms with E-state index in [0.29, 0.717) is 0 Å². The molecule has 0 aliphatic carbocycles. The number of ether oxygens (including phenoxy) is 1. The summed E-state index contributed by atoms with van der Waals surface area (Å²) >= 11 is 11.1. The summed E-state index contributed by atoms with van der Waals surface area (Å²) in [5.74, 6) is -0.749. The van der Waals surface area contributed by atoms with Crippen molar-refractivity contribution in [3.63, 3.8) is 0 Å². The van der Waals surface area contributed by atoms with E-state index in [2.05, 4.69) is 9.97 Å². The topological polar surface area (TPSA) is 78.1 Å². The summed E-state index contributed by atoms with van der Waals surface area (Å²) in [7, 11) is 1.32. The van der Waals surface area contributed by atoms with Crippen LogP contribution in [0.4, 0.5) is 0 Å². The van der Waals surface area contributed by atoms with Gasteiger partial charge in [0.15, 0.2) is 16.6 Å². The first-order valence-electron chi connectivity index (χ1n) is 3.13. The minimum absolute atomic E-state index is 0.0265. The van der Waals surface area contributed by atoms with Crippen molar-refractivity contribution in [2.24, 2.45) is 5.73 Å². The van der Waals surface area contributed by atoms with Crippen molar-refractivity contribution < 1.29 is 9.53 Å². The number of hydrogen-bond donors (Lipinski definition) is 1. The molecule has 0 saturated heterocycles. The fourth-order valence-electron chi connectivity index (χ4n) is 0.745. The van der Waals surface area contributed by atoms with Gasteiger partial charge in [-0.1, -0.05) is 11.6 Å². The van der Waals surface area contributed by atoms with Crippen LogP contribution in [0.15, 0.2) is 0 Å². The van der Waals surface area contributed by atoms with E-state index < -0.39 is 5.91 Å². The van der Waals surface area contributed by atoms with Gasteiger partial charge >= 0.3 is 0 Å². The van der Waals surface area contributed by atoms with Crippen LogP contribution in [0.1, 0.15) is 10.5 Å². The van der Waals surface area contributed by atoms with Crippen LogP contribution in [0.25, 0.3) is 0 Å². The molecule has 1 amide bonds. The van der Waals surface area contributed by atoms with Gasteiger partial charge in [0.05, 0.1) is 7.11 Å². The minimum Gasteiger partial charge on any atom is -0.491 e. The van der Waals surface area contributed by atoms with E-state index in [-0.39, 0.29) is 21.9 Å². The summed E-state index contributed by atoms with van der Waals surface area (Å²) in [4.78, 5) is 18.0. The van der Waals surface area contributed by atoms with E-state index in [1.807, 2.05) is 0 Å². The zero-order chi connectivity index (χ0) is 10.0. The van der Waals surface area contributed by atoms with Gasteiger partial charge < -0.3 is 10.5 Å². The normalized spacial score (nSPS) is 9.77. The van der Waals surface area contributed by atoms with Crippen molar-refractivity contribution in [1.82, 2.24) is 9.97 Å². The molecular weight excluding hydrogens is 217 g/mol. The zero-order valence-corrected chi connectivity index (χ0v) is 8.06. The summed E-state index contributed by atoms with van der Waals surface area (Å²) in [6.45, 7) is 0. The molecule has 0 radical (unpaired) electrons. The van der Waals surface area contributed by atoms with Gasteiger partial charge in [0.25, 0.3) is 5.91 Å². The van der Waals surface area contributed by atoms with Gasteiger partial charge in [0, 0.05) is 0 Å². The van der Waals surface area contributed by atoms with E-state index in [9.17, 15) is 4.79 Å². The first-order chi connectivity index (χ1) is 6.06. The number of primary amides is 1. The molecule has 2 N–H and O–H groups in total. The van der Waals surface area contributed by atoms with Crippen molar-refractivity contribution in [1.29, 1.82) is 0 Å². The van der Waals surface area contributed by atoms with Crippen LogP contribution >= 0.6 is 23.2 Å². The molecule has 1 aromatic rings. The number of aromatic nitrogens is 2. The van der Waals surface area contributed by atoms with Crippen molar-refractivity contribution in [3.8, 4) is 5.75 Å². The monoisotopic (exact) mass is 221 g/mol. The lowest BCUT2D eigenvalue weighted by atomic mass is 10.3. The first-order valence-corrected chi connectivity index (χ1v) is 3.88. The van der Waals surface area contributed by atoms with E-state index in [1.54, 1.807) is 0 Å². The quantitative estimate of drug-likeness (QED) is 0.595. The molecule has 0 bridgehead atoms. The van der Waals surface area contributed by atoms with E-state index in [4.69, 9.17) is 33.7 Å². The van der Waals surface area contributed by atoms with Gasteiger partial charge in [-0.25, -0.2) is 9.97 Å². The number of nitrogens with zero attached hydrogens (tertiary/aromatic N) is 2. The Hall–Kier alpha value is -1.07. The van der Waals surface area contributed by atoms with Crippen LogP contribution in [0, 0.1) is 0 Å². The van der Waals surface area contributed by atoms with Gasteiger partial charge in [-0.05, 0) is 11.6 Å². The van der Waals surface area contributed by atoms with Crippen LogP contribution in [0.5, 0.6) is 5.75 Å². The number of carbonyl (C=O) groups is 1. The highest BCUT2D eigenvalue weighted by molar-refractivity contribution is 6.33. The summed E-state index contributed by atoms with van der Waals surface area (Å²) < 4.78 is 4.78. The molecule has 70 valence electrons. The largest absolute Gasteiger partial charge is 0.491 e. The van der Waals surface area contributed by atoms with Crippen molar-refractivity contribution in [2.45, 2.75) is 0 Å². The molecule has 0 fully saturated rings. The zero-order valence-electron chi connectivity index (χ0n) is 6.54. The molecule has 1 aromatic heterocycles. The van der Waals surface area contributed by atoms with Crippen molar-refractivity contribution in [2.75, 3.05) is 7.11 Å². The average Bonchev–Trinajstić information content (AvgIpc) is 2.02. The summed E-state index contributed by atoms with van der Waals surface area (Å²) in [6, 6.07) is 0. The molecule has 13 heavy (non-hydrogen) atoms. The molecule has 1 heterocycles. The van der Waals surface area contributed by atoms with Crippen LogP contribution < -0.4 is 10.5 Å². The van der Waals surface area contributed by atoms with Gasteiger partial charge in [-0.3, -0.25) is 4.79 Å². The minimum atomic E-state index is -0.775. The molecule has 0 saturated carbocycles. The SMILES string of the molecule is COc1c(Cl)nc(Cl)nc1C(N)=O. The molecule has 0 aromatic carbocycles. The Bertz CT molecular complexity index is 356. The fourth-order valence-corrected chi connectivity index (χ4v) is 1.20. The van der Waals surface area contributed by atoms with Crippen LogP contribution in [0.2, 0.25) is 10.4 Å². The smallest absolute Gasteiger partial charge is 0.271 e. The molecule has 5 nitrogen and oxygen atoms in total. The van der Waals surface area contributed by atoms with Gasteiger partial charge in [0.2, 0.25) is 5.28 Å². The number of hydrogen-bond acceptors (Lipinski definition) is 4. The van der Waals surface area contributed by atoms with Crippen molar-refractivity contribution >= 4 is 29.1 Å². The first kappa shape index (κ1) is 10.0. The molecule has 0 aliphatic heterocycles. The van der Waals surface area contributed by atoms with Gasteiger partial charge in [-0.2, -0.15) is 0 Å². The Morgan fingerprint density at radius 3 is 2.54 bits per heavy atom. The Kier molecular flexibility index (Phi) is 2.90. The maximum atomic E-state index is 10.8. The molecule has 1 rings (SSSR count). The van der Waals surface area contributed by atoms with E-state index >= 15 is 0 Å². The highest BCUT2D eigenvalue weighted by atomic mass is 35.5. The Morgan fingerprint density at radius 2 is 2.08 bits per heavy atom. The highest BCUT2D eigenvalue weighted by Crippen LogP contribution is 2.26. The van der Waals surface area contributed by atoms with Crippen LogP contribution in [0.3, 0.4) is 0 Å². The van der Waals surface area contributed by atoms with E-state index in [1.165, 1.54) is 7.11 Å². The molecule has 7 heteroatoms. The second-order valence-electron chi connectivity index (χ2n) is 2.03. The highest BCUT2D eigenvalue weighted by Gasteiger charge is 2.16. The molecule has 0 spiro atoms. The fraction of sp³-hybridized carbons (Fsp3) is 0.167. The van der Waals surface area contributed by atoms with Crippen LogP contribution in [-0.2, 0) is 0 Å². The second-order valence-corrected chi connectivity index (χ2v) is 2.73. The molecule has 0 atom stereocenters. The lowest BCUT2D eigenvalue weighted by molar-refractivity contribution is 0.0992. The number of amides is 1. The molecular formula is C6H5Cl2N3O2. The number of nitrogens with two attached hydrogens (primary N) is 1. The van der Waals surface area contributed by atoms with E-state index in [0.717, 1.165) is 0 Å². The number of rotatable bonds is 2. The summed E-state index contributed by atoms with van der Waals surface area (Å²) in [5, 5.41) is -0.198. The third kappa shape index (κ3) is 1.99. The molecule has 0 unspecified atom stereocenters.